The SMILES string of the molecule is COc1ccccc1NC(=O)CNC(C)(C)C. The van der Waals surface area contributed by atoms with Crippen LogP contribution in [0.4, 0.5) is 5.69 Å². The van der Waals surface area contributed by atoms with E-state index in [1.165, 1.54) is 0 Å². The molecule has 1 rings (SSSR count). The van der Waals surface area contributed by atoms with Crippen LogP contribution in [0.25, 0.3) is 0 Å². The van der Waals surface area contributed by atoms with Gasteiger partial charge in [0, 0.05) is 5.54 Å². The molecule has 4 heteroatoms. The van der Waals surface area contributed by atoms with Crippen molar-refractivity contribution in [2.75, 3.05) is 19.0 Å². The third-order valence-electron chi connectivity index (χ3n) is 2.16. The van der Waals surface area contributed by atoms with E-state index in [1.807, 2.05) is 45.0 Å². The summed E-state index contributed by atoms with van der Waals surface area (Å²) in [4.78, 5) is 11.7. The van der Waals surface area contributed by atoms with E-state index >= 15 is 0 Å². The van der Waals surface area contributed by atoms with Crippen LogP contribution < -0.4 is 15.4 Å². The minimum absolute atomic E-state index is 0.0713. The maximum absolute atomic E-state index is 11.7. The molecule has 0 aliphatic carbocycles. The van der Waals surface area contributed by atoms with Crippen LogP contribution >= 0.6 is 0 Å². The Morgan fingerprint density at radius 1 is 1.29 bits per heavy atom. The fourth-order valence-corrected chi connectivity index (χ4v) is 1.29. The summed E-state index contributed by atoms with van der Waals surface area (Å²) in [5.74, 6) is 0.584. The van der Waals surface area contributed by atoms with Gasteiger partial charge in [-0.3, -0.25) is 4.79 Å². The van der Waals surface area contributed by atoms with Crippen molar-refractivity contribution in [2.24, 2.45) is 0 Å². The van der Waals surface area contributed by atoms with Crippen LogP contribution in [0.1, 0.15) is 20.8 Å². The molecule has 1 amide bonds. The number of rotatable bonds is 4. The lowest BCUT2D eigenvalue weighted by atomic mass is 10.1. The van der Waals surface area contributed by atoms with Gasteiger partial charge >= 0.3 is 0 Å². The molecule has 4 nitrogen and oxygen atoms in total. The van der Waals surface area contributed by atoms with Gasteiger partial charge in [-0.15, -0.1) is 0 Å². The van der Waals surface area contributed by atoms with Crippen molar-refractivity contribution in [2.45, 2.75) is 26.3 Å². The third-order valence-corrected chi connectivity index (χ3v) is 2.16. The van der Waals surface area contributed by atoms with Crippen molar-refractivity contribution in [1.82, 2.24) is 5.32 Å². The number of carbonyl (C=O) groups excluding carboxylic acids is 1. The van der Waals surface area contributed by atoms with Crippen LogP contribution in [0.2, 0.25) is 0 Å². The normalized spacial score (nSPS) is 11.1. The summed E-state index contributed by atoms with van der Waals surface area (Å²) in [6.07, 6.45) is 0. The Balaban J connectivity index is 2.56. The van der Waals surface area contributed by atoms with Gasteiger partial charge in [0.15, 0.2) is 0 Å². The zero-order chi connectivity index (χ0) is 12.9. The molecule has 2 N–H and O–H groups in total. The Morgan fingerprint density at radius 2 is 1.94 bits per heavy atom. The highest BCUT2D eigenvalue weighted by atomic mass is 16.5. The molecule has 1 aromatic rings. The number of benzene rings is 1. The molecule has 0 saturated heterocycles. The minimum atomic E-state index is -0.0792. The Hall–Kier alpha value is -1.55. The van der Waals surface area contributed by atoms with E-state index in [0.29, 0.717) is 11.4 Å². The number of amides is 1. The number of para-hydroxylation sites is 2. The Kier molecular flexibility index (Phi) is 4.52. The van der Waals surface area contributed by atoms with Crippen molar-refractivity contribution in [3.8, 4) is 5.75 Å². The summed E-state index contributed by atoms with van der Waals surface area (Å²) in [7, 11) is 1.58. The lowest BCUT2D eigenvalue weighted by molar-refractivity contribution is -0.115. The zero-order valence-electron chi connectivity index (χ0n) is 10.8. The van der Waals surface area contributed by atoms with Gasteiger partial charge in [0.25, 0.3) is 0 Å². The van der Waals surface area contributed by atoms with Gasteiger partial charge in [-0.2, -0.15) is 0 Å². The fourth-order valence-electron chi connectivity index (χ4n) is 1.29. The second-order valence-electron chi connectivity index (χ2n) is 4.85. The van der Waals surface area contributed by atoms with Gasteiger partial charge in [0.1, 0.15) is 5.75 Å². The van der Waals surface area contributed by atoms with E-state index in [1.54, 1.807) is 7.11 Å². The van der Waals surface area contributed by atoms with Gasteiger partial charge in [-0.25, -0.2) is 0 Å². The summed E-state index contributed by atoms with van der Waals surface area (Å²) in [5, 5.41) is 5.93. The molecule has 0 unspecified atom stereocenters. The fraction of sp³-hybridized carbons (Fsp3) is 0.462. The molecule has 94 valence electrons. The number of hydrogen-bond acceptors (Lipinski definition) is 3. The number of hydrogen-bond donors (Lipinski definition) is 2. The average Bonchev–Trinajstić information content (AvgIpc) is 2.26. The highest BCUT2D eigenvalue weighted by molar-refractivity contribution is 5.93. The Morgan fingerprint density at radius 3 is 2.53 bits per heavy atom. The van der Waals surface area contributed by atoms with Crippen LogP contribution in [-0.2, 0) is 4.79 Å². The average molecular weight is 236 g/mol. The first-order valence-corrected chi connectivity index (χ1v) is 5.60. The molecule has 0 atom stereocenters. The number of anilines is 1. The highest BCUT2D eigenvalue weighted by Gasteiger charge is 2.12. The summed E-state index contributed by atoms with van der Waals surface area (Å²) in [6.45, 7) is 6.33. The molecule has 17 heavy (non-hydrogen) atoms. The lowest BCUT2D eigenvalue weighted by Crippen LogP contribution is -2.41. The second-order valence-corrected chi connectivity index (χ2v) is 4.85. The molecular formula is C13H20N2O2. The monoisotopic (exact) mass is 236 g/mol. The summed E-state index contributed by atoms with van der Waals surface area (Å²) < 4.78 is 5.16. The molecule has 0 saturated carbocycles. The van der Waals surface area contributed by atoms with Crippen molar-refractivity contribution >= 4 is 11.6 Å². The molecule has 0 aromatic heterocycles. The third kappa shape index (κ3) is 4.87. The molecule has 1 aromatic carbocycles. The first-order chi connectivity index (χ1) is 7.92. The minimum Gasteiger partial charge on any atom is -0.495 e. The number of carbonyl (C=O) groups is 1. The van der Waals surface area contributed by atoms with Crippen molar-refractivity contribution in [1.29, 1.82) is 0 Å². The molecule has 0 radical (unpaired) electrons. The summed E-state index contributed by atoms with van der Waals surface area (Å²) >= 11 is 0. The number of methoxy groups -OCH3 is 1. The van der Waals surface area contributed by atoms with Gasteiger partial charge in [0.05, 0.1) is 19.3 Å². The maximum atomic E-state index is 11.7. The van der Waals surface area contributed by atoms with E-state index < -0.39 is 0 Å². The predicted molar refractivity (Wildman–Crippen MR) is 69.4 cm³/mol. The Bertz CT molecular complexity index is 383. The lowest BCUT2D eigenvalue weighted by Gasteiger charge is -2.20. The van der Waals surface area contributed by atoms with Gasteiger partial charge in [0.2, 0.25) is 5.91 Å². The van der Waals surface area contributed by atoms with Crippen molar-refractivity contribution in [3.05, 3.63) is 24.3 Å². The first kappa shape index (κ1) is 13.5. The molecular weight excluding hydrogens is 216 g/mol. The maximum Gasteiger partial charge on any atom is 0.238 e. The topological polar surface area (TPSA) is 50.4 Å². The van der Waals surface area contributed by atoms with E-state index in [9.17, 15) is 4.79 Å². The van der Waals surface area contributed by atoms with Crippen molar-refractivity contribution in [3.63, 3.8) is 0 Å². The van der Waals surface area contributed by atoms with Crippen LogP contribution in [0, 0.1) is 0 Å². The first-order valence-electron chi connectivity index (χ1n) is 5.60. The molecule has 0 fully saturated rings. The van der Waals surface area contributed by atoms with Crippen LogP contribution in [0.15, 0.2) is 24.3 Å². The van der Waals surface area contributed by atoms with E-state index in [0.717, 1.165) is 0 Å². The number of nitrogens with one attached hydrogen (secondary N) is 2. The van der Waals surface area contributed by atoms with Crippen LogP contribution in [0.3, 0.4) is 0 Å². The highest BCUT2D eigenvalue weighted by Crippen LogP contribution is 2.22. The zero-order valence-corrected chi connectivity index (χ0v) is 10.8. The molecule has 0 bridgehead atoms. The second kappa shape index (κ2) is 5.68. The molecule has 0 aliphatic heterocycles. The Labute approximate surface area is 102 Å². The molecule has 0 spiro atoms. The van der Waals surface area contributed by atoms with E-state index in [-0.39, 0.29) is 18.0 Å². The van der Waals surface area contributed by atoms with Gasteiger partial charge in [-0.05, 0) is 32.9 Å². The van der Waals surface area contributed by atoms with Crippen molar-refractivity contribution < 1.29 is 9.53 Å². The molecule has 0 heterocycles. The smallest absolute Gasteiger partial charge is 0.238 e. The van der Waals surface area contributed by atoms with Gasteiger partial charge < -0.3 is 15.4 Å². The summed E-state index contributed by atoms with van der Waals surface area (Å²) in [6, 6.07) is 7.35. The predicted octanol–water partition coefficient (Wildman–Crippen LogP) is 2.02. The number of ether oxygens (including phenoxy) is 1. The van der Waals surface area contributed by atoms with Crippen LogP contribution in [0.5, 0.6) is 5.75 Å². The molecule has 0 aliphatic rings. The van der Waals surface area contributed by atoms with E-state index in [4.69, 9.17) is 4.74 Å². The van der Waals surface area contributed by atoms with Gasteiger partial charge in [-0.1, -0.05) is 12.1 Å². The van der Waals surface area contributed by atoms with E-state index in [2.05, 4.69) is 10.6 Å². The van der Waals surface area contributed by atoms with Crippen LogP contribution in [-0.4, -0.2) is 25.1 Å². The largest absolute Gasteiger partial charge is 0.495 e. The standard InChI is InChI=1S/C13H20N2O2/c1-13(2,3)14-9-12(16)15-10-7-5-6-8-11(10)17-4/h5-8,14H,9H2,1-4H3,(H,15,16). The quantitative estimate of drug-likeness (QED) is 0.841. The summed E-state index contributed by atoms with van der Waals surface area (Å²) in [5.41, 5.74) is 0.619.